The Hall–Kier alpha value is -1.92. The molecule has 166 valence electrons. The number of morpholine rings is 1. The van der Waals surface area contributed by atoms with Crippen LogP contribution in [0.4, 0.5) is 0 Å². The largest absolute Gasteiger partial charge is 0.378 e. The molecule has 2 saturated heterocycles. The first-order valence-corrected chi connectivity index (χ1v) is 11.4. The summed E-state index contributed by atoms with van der Waals surface area (Å²) in [5, 5.41) is 3.06. The Labute approximate surface area is 180 Å². The highest BCUT2D eigenvalue weighted by atomic mass is 16.5. The SMILES string of the molecule is CC1CCC(C(C)C)N(CC(=O)NCc2ccc(C(=O)N3CCOCC3)cc2)CC1. The molecule has 2 amide bonds. The van der Waals surface area contributed by atoms with Crippen LogP contribution in [0.3, 0.4) is 0 Å². The molecule has 2 heterocycles. The molecule has 1 N–H and O–H groups in total. The predicted molar refractivity (Wildman–Crippen MR) is 118 cm³/mol. The lowest BCUT2D eigenvalue weighted by atomic mass is 9.95. The van der Waals surface area contributed by atoms with Crippen LogP contribution in [0.25, 0.3) is 0 Å². The second-order valence-corrected chi connectivity index (χ2v) is 9.13. The van der Waals surface area contributed by atoms with Crippen molar-refractivity contribution < 1.29 is 14.3 Å². The molecule has 2 fully saturated rings. The Bertz CT molecular complexity index is 698. The number of amides is 2. The van der Waals surface area contributed by atoms with Gasteiger partial charge in [0, 0.05) is 31.2 Å². The zero-order valence-electron chi connectivity index (χ0n) is 18.7. The predicted octanol–water partition coefficient (Wildman–Crippen LogP) is 2.92. The Balaban J connectivity index is 1.49. The summed E-state index contributed by atoms with van der Waals surface area (Å²) in [6.07, 6.45) is 3.58. The molecule has 6 heteroatoms. The van der Waals surface area contributed by atoms with E-state index in [2.05, 4.69) is 31.0 Å². The van der Waals surface area contributed by atoms with Gasteiger partial charge in [-0.3, -0.25) is 14.5 Å². The second kappa shape index (κ2) is 10.9. The van der Waals surface area contributed by atoms with Crippen molar-refractivity contribution in [2.24, 2.45) is 11.8 Å². The Morgan fingerprint density at radius 1 is 1.07 bits per heavy atom. The first kappa shape index (κ1) is 22.8. The van der Waals surface area contributed by atoms with Crippen molar-refractivity contribution in [1.29, 1.82) is 0 Å². The van der Waals surface area contributed by atoms with Crippen LogP contribution in [0.1, 0.15) is 56.0 Å². The van der Waals surface area contributed by atoms with Crippen LogP contribution in [0.2, 0.25) is 0 Å². The molecule has 6 nitrogen and oxygen atoms in total. The molecule has 2 unspecified atom stereocenters. The number of carbonyl (C=O) groups excluding carboxylic acids is 2. The number of likely N-dealkylation sites (tertiary alicyclic amines) is 1. The maximum Gasteiger partial charge on any atom is 0.254 e. The maximum atomic E-state index is 12.6. The van der Waals surface area contributed by atoms with Gasteiger partial charge in [0.25, 0.3) is 5.91 Å². The van der Waals surface area contributed by atoms with Crippen LogP contribution in [-0.4, -0.2) is 67.0 Å². The minimum Gasteiger partial charge on any atom is -0.378 e. The standard InChI is InChI=1S/C24H37N3O3/c1-18(2)22-9-4-19(3)10-11-27(22)17-23(28)25-16-20-5-7-21(8-6-20)24(29)26-12-14-30-15-13-26/h5-8,18-19,22H,4,9-17H2,1-3H3,(H,25,28). The van der Waals surface area contributed by atoms with Gasteiger partial charge in [0.1, 0.15) is 0 Å². The van der Waals surface area contributed by atoms with Gasteiger partial charge in [-0.2, -0.15) is 0 Å². The zero-order valence-corrected chi connectivity index (χ0v) is 18.7. The lowest BCUT2D eigenvalue weighted by Crippen LogP contribution is -2.44. The first-order valence-electron chi connectivity index (χ1n) is 11.4. The van der Waals surface area contributed by atoms with Crippen molar-refractivity contribution in [3.05, 3.63) is 35.4 Å². The molecule has 30 heavy (non-hydrogen) atoms. The smallest absolute Gasteiger partial charge is 0.254 e. The number of nitrogens with zero attached hydrogens (tertiary/aromatic N) is 2. The number of benzene rings is 1. The number of ether oxygens (including phenoxy) is 1. The molecule has 1 aromatic rings. The molecule has 3 rings (SSSR count). The average molecular weight is 416 g/mol. The molecular formula is C24H37N3O3. The summed E-state index contributed by atoms with van der Waals surface area (Å²) in [5.74, 6) is 1.41. The van der Waals surface area contributed by atoms with E-state index in [1.165, 1.54) is 12.8 Å². The summed E-state index contributed by atoms with van der Waals surface area (Å²) in [7, 11) is 0. The highest BCUT2D eigenvalue weighted by molar-refractivity contribution is 5.94. The Kier molecular flexibility index (Phi) is 8.28. The number of carbonyl (C=O) groups is 2. The maximum absolute atomic E-state index is 12.6. The molecular weight excluding hydrogens is 378 g/mol. The fourth-order valence-corrected chi connectivity index (χ4v) is 4.44. The van der Waals surface area contributed by atoms with Gasteiger partial charge in [-0.05, 0) is 55.3 Å². The Morgan fingerprint density at radius 2 is 1.77 bits per heavy atom. The zero-order chi connectivity index (χ0) is 21.5. The van der Waals surface area contributed by atoms with E-state index in [-0.39, 0.29) is 11.8 Å². The van der Waals surface area contributed by atoms with E-state index in [1.54, 1.807) is 0 Å². The number of hydrogen-bond donors (Lipinski definition) is 1. The van der Waals surface area contributed by atoms with Gasteiger partial charge >= 0.3 is 0 Å². The molecule has 0 saturated carbocycles. The average Bonchev–Trinajstić information content (AvgIpc) is 2.94. The van der Waals surface area contributed by atoms with Gasteiger partial charge < -0.3 is 15.0 Å². The third-order valence-electron chi connectivity index (χ3n) is 6.44. The van der Waals surface area contributed by atoms with Crippen molar-refractivity contribution in [3.63, 3.8) is 0 Å². The fraction of sp³-hybridized carbons (Fsp3) is 0.667. The number of nitrogens with one attached hydrogen (secondary N) is 1. The molecule has 1 aromatic carbocycles. The van der Waals surface area contributed by atoms with Crippen LogP contribution >= 0.6 is 0 Å². The highest BCUT2D eigenvalue weighted by Gasteiger charge is 2.27. The van der Waals surface area contributed by atoms with Crippen molar-refractivity contribution in [3.8, 4) is 0 Å². The molecule has 0 aliphatic carbocycles. The third-order valence-corrected chi connectivity index (χ3v) is 6.44. The molecule has 2 atom stereocenters. The van der Waals surface area contributed by atoms with E-state index in [1.807, 2.05) is 29.2 Å². The van der Waals surface area contributed by atoms with Crippen LogP contribution in [0.15, 0.2) is 24.3 Å². The van der Waals surface area contributed by atoms with Crippen LogP contribution in [0, 0.1) is 11.8 Å². The monoisotopic (exact) mass is 415 g/mol. The van der Waals surface area contributed by atoms with Gasteiger partial charge in [-0.15, -0.1) is 0 Å². The second-order valence-electron chi connectivity index (χ2n) is 9.13. The van der Waals surface area contributed by atoms with E-state index in [0.717, 1.165) is 24.4 Å². The van der Waals surface area contributed by atoms with Gasteiger partial charge in [-0.1, -0.05) is 32.9 Å². The molecule has 2 aliphatic heterocycles. The van der Waals surface area contributed by atoms with Gasteiger partial charge in [0.2, 0.25) is 5.91 Å². The van der Waals surface area contributed by atoms with E-state index in [9.17, 15) is 9.59 Å². The van der Waals surface area contributed by atoms with Gasteiger partial charge in [0.15, 0.2) is 0 Å². The minimum atomic E-state index is 0.0454. The summed E-state index contributed by atoms with van der Waals surface area (Å²) in [4.78, 5) is 29.3. The van der Waals surface area contributed by atoms with Crippen molar-refractivity contribution in [2.45, 2.75) is 52.6 Å². The van der Waals surface area contributed by atoms with E-state index >= 15 is 0 Å². The Morgan fingerprint density at radius 3 is 2.43 bits per heavy atom. The summed E-state index contributed by atoms with van der Waals surface area (Å²) < 4.78 is 5.31. The highest BCUT2D eigenvalue weighted by Crippen LogP contribution is 2.25. The number of rotatable bonds is 6. The van der Waals surface area contributed by atoms with Crippen molar-refractivity contribution >= 4 is 11.8 Å². The summed E-state index contributed by atoms with van der Waals surface area (Å²) in [6.45, 7) is 11.3. The van der Waals surface area contributed by atoms with Gasteiger partial charge in [-0.25, -0.2) is 0 Å². The third kappa shape index (κ3) is 6.29. The van der Waals surface area contributed by atoms with E-state index in [4.69, 9.17) is 4.74 Å². The quantitative estimate of drug-likeness (QED) is 0.776. The summed E-state index contributed by atoms with van der Waals surface area (Å²) in [5.41, 5.74) is 1.69. The van der Waals surface area contributed by atoms with E-state index in [0.29, 0.717) is 56.9 Å². The van der Waals surface area contributed by atoms with Gasteiger partial charge in [0.05, 0.1) is 19.8 Å². The fourth-order valence-electron chi connectivity index (χ4n) is 4.44. The van der Waals surface area contributed by atoms with Crippen LogP contribution in [-0.2, 0) is 16.1 Å². The minimum absolute atomic E-state index is 0.0454. The molecule has 0 radical (unpaired) electrons. The lowest BCUT2D eigenvalue weighted by molar-refractivity contribution is -0.123. The summed E-state index contributed by atoms with van der Waals surface area (Å²) >= 11 is 0. The van der Waals surface area contributed by atoms with E-state index < -0.39 is 0 Å². The van der Waals surface area contributed by atoms with Crippen LogP contribution < -0.4 is 5.32 Å². The van der Waals surface area contributed by atoms with Crippen LogP contribution in [0.5, 0.6) is 0 Å². The molecule has 0 bridgehead atoms. The lowest BCUT2D eigenvalue weighted by Gasteiger charge is -2.32. The molecule has 2 aliphatic rings. The molecule has 0 spiro atoms. The summed E-state index contributed by atoms with van der Waals surface area (Å²) in [6, 6.07) is 8.04. The molecule has 0 aromatic heterocycles. The van der Waals surface area contributed by atoms with Crippen molar-refractivity contribution in [2.75, 3.05) is 39.4 Å². The normalized spacial score (nSPS) is 23.3. The first-order chi connectivity index (χ1) is 14.4. The number of hydrogen-bond acceptors (Lipinski definition) is 4. The van der Waals surface area contributed by atoms with Crippen molar-refractivity contribution in [1.82, 2.24) is 15.1 Å². The topological polar surface area (TPSA) is 61.9 Å².